The average Bonchev–Trinajstić information content (AvgIpc) is 2.85. The second-order valence-electron chi connectivity index (χ2n) is 7.56. The highest BCUT2D eigenvalue weighted by Crippen LogP contribution is 2.33. The molecule has 4 aromatic rings. The third-order valence-electron chi connectivity index (χ3n) is 5.46. The molecule has 150 valence electrons. The van der Waals surface area contributed by atoms with Crippen LogP contribution in [0.1, 0.15) is 5.56 Å². The molecule has 1 N–H and O–H groups in total. The van der Waals surface area contributed by atoms with Gasteiger partial charge in [0.25, 0.3) is 0 Å². The van der Waals surface area contributed by atoms with Crippen LogP contribution in [-0.2, 0) is 0 Å². The lowest BCUT2D eigenvalue weighted by atomic mass is 9.94. The fraction of sp³-hybridized carbons (Fsp3) is 0.0357. The molecule has 5 rings (SSSR count). The van der Waals surface area contributed by atoms with Crippen molar-refractivity contribution in [2.75, 3.05) is 6.54 Å². The molecule has 31 heavy (non-hydrogen) atoms. The first-order chi connectivity index (χ1) is 15.3. The van der Waals surface area contributed by atoms with E-state index in [2.05, 4.69) is 77.0 Å². The standard InChI is InChI=1S/C28H21ClN2/c29-28-16-26(22-7-1-5-20(13-22)24-9-3-11-30-18-24)15-27(17-28)23-8-2-6-21(14-23)25-10-4-12-31-19-25/h1-18,31H,19H2. The van der Waals surface area contributed by atoms with E-state index in [9.17, 15) is 0 Å². The molecule has 0 aliphatic carbocycles. The maximum absolute atomic E-state index is 6.55. The van der Waals surface area contributed by atoms with Gasteiger partial charge in [-0.2, -0.15) is 0 Å². The van der Waals surface area contributed by atoms with Crippen LogP contribution in [0, 0.1) is 0 Å². The van der Waals surface area contributed by atoms with Gasteiger partial charge < -0.3 is 5.32 Å². The van der Waals surface area contributed by atoms with Crippen LogP contribution in [0.4, 0.5) is 0 Å². The summed E-state index contributed by atoms with van der Waals surface area (Å²) in [6.07, 6.45) is 9.84. The van der Waals surface area contributed by atoms with Gasteiger partial charge in [0.05, 0.1) is 0 Å². The number of hydrogen-bond donors (Lipinski definition) is 1. The average molecular weight is 421 g/mol. The van der Waals surface area contributed by atoms with Crippen molar-refractivity contribution < 1.29 is 0 Å². The summed E-state index contributed by atoms with van der Waals surface area (Å²) in [7, 11) is 0. The molecule has 2 heterocycles. The third-order valence-corrected chi connectivity index (χ3v) is 5.68. The number of hydrogen-bond acceptors (Lipinski definition) is 2. The molecule has 3 heteroatoms. The van der Waals surface area contributed by atoms with Gasteiger partial charge in [-0.15, -0.1) is 0 Å². The lowest BCUT2D eigenvalue weighted by molar-refractivity contribution is 0.986. The zero-order valence-electron chi connectivity index (χ0n) is 16.9. The van der Waals surface area contributed by atoms with Gasteiger partial charge in [-0.3, -0.25) is 4.98 Å². The fourth-order valence-electron chi connectivity index (χ4n) is 3.89. The molecule has 3 aromatic carbocycles. The second-order valence-corrected chi connectivity index (χ2v) is 8.00. The highest BCUT2D eigenvalue weighted by molar-refractivity contribution is 6.31. The van der Waals surface area contributed by atoms with E-state index >= 15 is 0 Å². The van der Waals surface area contributed by atoms with Crippen LogP contribution in [0.5, 0.6) is 0 Å². The number of allylic oxidation sites excluding steroid dienone is 2. The molecule has 1 aromatic heterocycles. The van der Waals surface area contributed by atoms with Crippen molar-refractivity contribution in [3.63, 3.8) is 0 Å². The van der Waals surface area contributed by atoms with E-state index in [1.165, 1.54) is 11.1 Å². The van der Waals surface area contributed by atoms with Crippen molar-refractivity contribution in [1.29, 1.82) is 0 Å². The summed E-state index contributed by atoms with van der Waals surface area (Å²) < 4.78 is 0. The highest BCUT2D eigenvalue weighted by Gasteiger charge is 2.09. The Labute approximate surface area is 187 Å². The smallest absolute Gasteiger partial charge is 0.0418 e. The molecule has 0 spiro atoms. The van der Waals surface area contributed by atoms with Gasteiger partial charge in [0.2, 0.25) is 0 Å². The lowest BCUT2D eigenvalue weighted by Gasteiger charge is -2.13. The molecule has 0 unspecified atom stereocenters. The highest BCUT2D eigenvalue weighted by atomic mass is 35.5. The Hall–Kier alpha value is -3.62. The van der Waals surface area contributed by atoms with Crippen molar-refractivity contribution in [2.45, 2.75) is 0 Å². The molecular weight excluding hydrogens is 400 g/mol. The van der Waals surface area contributed by atoms with Crippen LogP contribution in [0.15, 0.2) is 110 Å². The Morgan fingerprint density at radius 1 is 0.677 bits per heavy atom. The summed E-state index contributed by atoms with van der Waals surface area (Å²) in [6.45, 7) is 0.835. The largest absolute Gasteiger partial charge is 0.387 e. The molecule has 1 aliphatic rings. The van der Waals surface area contributed by atoms with Crippen molar-refractivity contribution in [3.8, 4) is 33.4 Å². The molecule has 0 radical (unpaired) electrons. The van der Waals surface area contributed by atoms with Crippen molar-refractivity contribution in [3.05, 3.63) is 120 Å². The number of nitrogens with zero attached hydrogens (tertiary/aromatic N) is 1. The van der Waals surface area contributed by atoms with Crippen LogP contribution in [-0.4, -0.2) is 11.5 Å². The Morgan fingerprint density at radius 2 is 1.29 bits per heavy atom. The summed E-state index contributed by atoms with van der Waals surface area (Å²) in [5, 5.41) is 4.00. The van der Waals surface area contributed by atoms with E-state index in [-0.39, 0.29) is 0 Å². The van der Waals surface area contributed by atoms with Crippen LogP contribution < -0.4 is 5.32 Å². The predicted octanol–water partition coefficient (Wildman–Crippen LogP) is 7.24. The number of rotatable bonds is 4. The van der Waals surface area contributed by atoms with Gasteiger partial charge in [-0.05, 0) is 87.6 Å². The first-order valence-corrected chi connectivity index (χ1v) is 10.7. The molecular formula is C28H21ClN2. The summed E-state index contributed by atoms with van der Waals surface area (Å²) in [5.41, 5.74) is 9.22. The molecule has 2 nitrogen and oxygen atoms in total. The van der Waals surface area contributed by atoms with Gasteiger partial charge in [0.15, 0.2) is 0 Å². The van der Waals surface area contributed by atoms with Crippen LogP contribution in [0.3, 0.4) is 0 Å². The van der Waals surface area contributed by atoms with E-state index in [0.29, 0.717) is 0 Å². The molecule has 0 fully saturated rings. The Kier molecular flexibility index (Phi) is 5.39. The van der Waals surface area contributed by atoms with Crippen LogP contribution >= 0.6 is 11.6 Å². The fourth-order valence-corrected chi connectivity index (χ4v) is 4.13. The van der Waals surface area contributed by atoms with Gasteiger partial charge in [0, 0.05) is 29.5 Å². The summed E-state index contributed by atoms with van der Waals surface area (Å²) in [4.78, 5) is 4.24. The normalized spacial score (nSPS) is 12.9. The minimum Gasteiger partial charge on any atom is -0.387 e. The molecule has 0 saturated carbocycles. The summed E-state index contributed by atoms with van der Waals surface area (Å²) in [5.74, 6) is 0. The van der Waals surface area contributed by atoms with E-state index in [4.69, 9.17) is 11.6 Å². The van der Waals surface area contributed by atoms with Gasteiger partial charge in [-0.1, -0.05) is 60.1 Å². The SMILES string of the molecule is Clc1cc(-c2cccc(C3=CC=CNC3)c2)cc(-c2cccc(-c3cccnc3)c2)c1. The van der Waals surface area contributed by atoms with E-state index < -0.39 is 0 Å². The quantitative estimate of drug-likeness (QED) is 0.376. The van der Waals surface area contributed by atoms with Crippen molar-refractivity contribution in [2.24, 2.45) is 0 Å². The van der Waals surface area contributed by atoms with E-state index in [1.807, 2.05) is 36.7 Å². The van der Waals surface area contributed by atoms with Crippen molar-refractivity contribution in [1.82, 2.24) is 10.3 Å². The van der Waals surface area contributed by atoms with Crippen molar-refractivity contribution >= 4 is 17.2 Å². The Balaban J connectivity index is 1.54. The zero-order chi connectivity index (χ0) is 21.0. The topological polar surface area (TPSA) is 24.9 Å². The lowest BCUT2D eigenvalue weighted by Crippen LogP contribution is -2.11. The Morgan fingerprint density at radius 3 is 1.94 bits per heavy atom. The summed E-state index contributed by atoms with van der Waals surface area (Å²) in [6, 6.07) is 27.4. The van der Waals surface area contributed by atoms with E-state index in [0.717, 1.165) is 44.9 Å². The van der Waals surface area contributed by atoms with Crippen LogP contribution in [0.25, 0.3) is 39.0 Å². The maximum atomic E-state index is 6.55. The van der Waals surface area contributed by atoms with E-state index in [1.54, 1.807) is 6.20 Å². The summed E-state index contributed by atoms with van der Waals surface area (Å²) >= 11 is 6.55. The number of pyridine rings is 1. The zero-order valence-corrected chi connectivity index (χ0v) is 17.7. The number of halogens is 1. The first kappa shape index (κ1) is 19.3. The molecule has 1 aliphatic heterocycles. The number of dihydropyridines is 1. The number of benzene rings is 3. The van der Waals surface area contributed by atoms with Gasteiger partial charge in [-0.25, -0.2) is 0 Å². The molecule has 0 saturated heterocycles. The molecule has 0 atom stereocenters. The minimum absolute atomic E-state index is 0.728. The third kappa shape index (κ3) is 4.30. The molecule has 0 amide bonds. The number of aromatic nitrogens is 1. The monoisotopic (exact) mass is 420 g/mol. The number of nitrogens with one attached hydrogen (secondary N) is 1. The minimum atomic E-state index is 0.728. The maximum Gasteiger partial charge on any atom is 0.0418 e. The first-order valence-electron chi connectivity index (χ1n) is 10.3. The Bertz CT molecular complexity index is 1290. The van der Waals surface area contributed by atoms with Gasteiger partial charge in [0.1, 0.15) is 0 Å². The second kappa shape index (κ2) is 8.63. The molecule has 0 bridgehead atoms. The van der Waals surface area contributed by atoms with Gasteiger partial charge >= 0.3 is 0 Å². The van der Waals surface area contributed by atoms with Crippen LogP contribution in [0.2, 0.25) is 5.02 Å². The predicted molar refractivity (Wildman–Crippen MR) is 131 cm³/mol.